The van der Waals surface area contributed by atoms with Gasteiger partial charge >= 0.3 is 0 Å². The predicted molar refractivity (Wildman–Crippen MR) is 71.5 cm³/mol. The third kappa shape index (κ3) is 6.66. The smallest absolute Gasteiger partial charge is 0.127 e. The summed E-state index contributed by atoms with van der Waals surface area (Å²) < 4.78 is 5.44. The van der Waals surface area contributed by atoms with E-state index < -0.39 is 0 Å². The number of benzene rings is 1. The van der Waals surface area contributed by atoms with Gasteiger partial charge in [0, 0.05) is 0 Å². The van der Waals surface area contributed by atoms with Crippen LogP contribution in [0.3, 0.4) is 0 Å². The van der Waals surface area contributed by atoms with Gasteiger partial charge in [-0.25, -0.2) is 0 Å². The van der Waals surface area contributed by atoms with Crippen molar-refractivity contribution in [1.82, 2.24) is 0 Å². The molecule has 1 nitrogen and oxygen atoms in total. The Bertz CT molecular complexity index is 347. The highest BCUT2D eigenvalue weighted by Crippen LogP contribution is 2.12. The van der Waals surface area contributed by atoms with Gasteiger partial charge in [0.1, 0.15) is 11.5 Å². The van der Waals surface area contributed by atoms with E-state index in [-0.39, 0.29) is 0 Å². The van der Waals surface area contributed by atoms with Crippen LogP contribution in [0.25, 0.3) is 0 Å². The highest BCUT2D eigenvalue weighted by molar-refractivity contribution is 5.27. The molecule has 0 aliphatic heterocycles. The minimum Gasteiger partial charge on any atom is -0.458 e. The molecule has 86 valence electrons. The van der Waals surface area contributed by atoms with E-state index in [9.17, 15) is 0 Å². The molecule has 0 saturated heterocycles. The Morgan fingerprint density at radius 1 is 1.06 bits per heavy atom. The van der Waals surface area contributed by atoms with Crippen LogP contribution in [0.5, 0.6) is 5.75 Å². The van der Waals surface area contributed by atoms with E-state index in [0.29, 0.717) is 5.76 Å². The maximum atomic E-state index is 5.44. The monoisotopic (exact) mass is 216 g/mol. The zero-order valence-electron chi connectivity index (χ0n) is 10.4. The van der Waals surface area contributed by atoms with Crippen LogP contribution in [0, 0.1) is 0 Å². The van der Waals surface area contributed by atoms with Gasteiger partial charge in [0.15, 0.2) is 0 Å². The Labute approximate surface area is 98.8 Å². The van der Waals surface area contributed by atoms with E-state index in [1.165, 1.54) is 0 Å². The summed E-state index contributed by atoms with van der Waals surface area (Å²) in [6, 6.07) is 9.56. The number of rotatable bonds is 4. The molecule has 1 heteroatoms. The summed E-state index contributed by atoms with van der Waals surface area (Å²) in [5, 5.41) is 0. The third-order valence-corrected chi connectivity index (χ3v) is 1.55. The van der Waals surface area contributed by atoms with Crippen molar-refractivity contribution in [3.8, 4) is 5.75 Å². The van der Waals surface area contributed by atoms with E-state index in [1.54, 1.807) is 6.08 Å². The van der Waals surface area contributed by atoms with Gasteiger partial charge in [-0.2, -0.15) is 0 Å². The lowest BCUT2D eigenvalue weighted by molar-refractivity contribution is 0.447. The van der Waals surface area contributed by atoms with Crippen LogP contribution < -0.4 is 4.74 Å². The van der Waals surface area contributed by atoms with E-state index in [0.717, 1.165) is 11.3 Å². The molecule has 0 heterocycles. The molecule has 0 atom stereocenters. The van der Waals surface area contributed by atoms with Gasteiger partial charge in [0.05, 0.1) is 0 Å². The first-order chi connectivity index (χ1) is 7.68. The third-order valence-electron chi connectivity index (χ3n) is 1.55. The number of allylic oxidation sites excluding steroid dienone is 3. The molecule has 0 bridgehead atoms. The second-order valence-corrected chi connectivity index (χ2v) is 3.06. The van der Waals surface area contributed by atoms with E-state index in [2.05, 4.69) is 13.2 Å². The molecule has 0 aliphatic carbocycles. The van der Waals surface area contributed by atoms with Gasteiger partial charge in [-0.3, -0.25) is 0 Å². The minimum atomic E-state index is 0.610. The molecule has 0 saturated carbocycles. The SMILES string of the molecule is C=C(C)/C=C\C(=C)Oc1ccccc1.CC. The average Bonchev–Trinajstić information content (AvgIpc) is 2.30. The summed E-state index contributed by atoms with van der Waals surface area (Å²) in [5.41, 5.74) is 0.975. The summed E-state index contributed by atoms with van der Waals surface area (Å²) >= 11 is 0. The van der Waals surface area contributed by atoms with Crippen molar-refractivity contribution < 1.29 is 4.74 Å². The summed E-state index contributed by atoms with van der Waals surface area (Å²) in [4.78, 5) is 0. The van der Waals surface area contributed by atoms with Gasteiger partial charge in [-0.05, 0) is 25.1 Å². The van der Waals surface area contributed by atoms with Crippen LogP contribution in [0.4, 0.5) is 0 Å². The second kappa shape index (κ2) is 8.54. The molecule has 1 aromatic carbocycles. The van der Waals surface area contributed by atoms with Gasteiger partial charge in [-0.1, -0.05) is 56.9 Å². The van der Waals surface area contributed by atoms with Gasteiger partial charge in [-0.15, -0.1) is 0 Å². The Hall–Kier alpha value is -1.76. The Morgan fingerprint density at radius 3 is 2.12 bits per heavy atom. The molecule has 1 rings (SSSR count). The van der Waals surface area contributed by atoms with Crippen molar-refractivity contribution in [2.24, 2.45) is 0 Å². The van der Waals surface area contributed by atoms with Crippen LogP contribution in [0.1, 0.15) is 20.8 Å². The predicted octanol–water partition coefficient (Wildman–Crippen LogP) is 4.74. The molecule has 0 aromatic heterocycles. The maximum absolute atomic E-state index is 5.44. The summed E-state index contributed by atoms with van der Waals surface area (Å²) in [7, 11) is 0. The highest BCUT2D eigenvalue weighted by Gasteiger charge is 1.91. The van der Waals surface area contributed by atoms with Gasteiger partial charge in [0.25, 0.3) is 0 Å². The Morgan fingerprint density at radius 2 is 1.62 bits per heavy atom. The summed E-state index contributed by atoms with van der Waals surface area (Å²) in [5.74, 6) is 1.41. The van der Waals surface area contributed by atoms with Crippen molar-refractivity contribution >= 4 is 0 Å². The molecule has 16 heavy (non-hydrogen) atoms. The fourth-order valence-electron chi connectivity index (χ4n) is 0.909. The first kappa shape index (κ1) is 14.2. The zero-order chi connectivity index (χ0) is 12.4. The van der Waals surface area contributed by atoms with E-state index >= 15 is 0 Å². The molecular weight excluding hydrogens is 196 g/mol. The fourth-order valence-corrected chi connectivity index (χ4v) is 0.909. The molecule has 0 fully saturated rings. The van der Waals surface area contributed by atoms with Crippen molar-refractivity contribution in [3.05, 3.63) is 67.0 Å². The van der Waals surface area contributed by atoms with Gasteiger partial charge < -0.3 is 4.74 Å². The highest BCUT2D eigenvalue weighted by atomic mass is 16.5. The molecule has 0 N–H and O–H groups in total. The number of ether oxygens (including phenoxy) is 1. The number of para-hydroxylation sites is 1. The van der Waals surface area contributed by atoms with Crippen LogP contribution in [0.15, 0.2) is 67.0 Å². The zero-order valence-corrected chi connectivity index (χ0v) is 10.4. The first-order valence-electron chi connectivity index (χ1n) is 5.44. The maximum Gasteiger partial charge on any atom is 0.127 e. The largest absolute Gasteiger partial charge is 0.458 e. The fraction of sp³-hybridized carbons (Fsp3) is 0.200. The molecule has 0 aliphatic rings. The van der Waals surface area contributed by atoms with Crippen LogP contribution >= 0.6 is 0 Å². The number of hydrogen-bond acceptors (Lipinski definition) is 1. The molecule has 0 spiro atoms. The van der Waals surface area contributed by atoms with Crippen molar-refractivity contribution in [3.63, 3.8) is 0 Å². The lowest BCUT2D eigenvalue weighted by atomic mass is 10.3. The van der Waals surface area contributed by atoms with Crippen molar-refractivity contribution in [1.29, 1.82) is 0 Å². The molecule has 1 aromatic rings. The lowest BCUT2D eigenvalue weighted by Gasteiger charge is -2.03. The topological polar surface area (TPSA) is 9.23 Å². The molecule has 0 amide bonds. The lowest BCUT2D eigenvalue weighted by Crippen LogP contribution is -1.89. The summed E-state index contributed by atoms with van der Waals surface area (Å²) in [6.07, 6.45) is 3.67. The van der Waals surface area contributed by atoms with E-state index in [1.807, 2.05) is 57.2 Å². The molecular formula is C15H20O. The minimum absolute atomic E-state index is 0.610. The standard InChI is InChI=1S/C13H14O.C2H6/c1-11(2)9-10-12(3)14-13-7-5-4-6-8-13;1-2/h4-10H,1,3H2,2H3;1-2H3/b10-9-;. The second-order valence-electron chi connectivity index (χ2n) is 3.06. The average molecular weight is 216 g/mol. The normalized spacial score (nSPS) is 9.19. The van der Waals surface area contributed by atoms with Crippen LogP contribution in [0.2, 0.25) is 0 Å². The van der Waals surface area contributed by atoms with Crippen molar-refractivity contribution in [2.75, 3.05) is 0 Å². The molecule has 0 unspecified atom stereocenters. The van der Waals surface area contributed by atoms with Crippen molar-refractivity contribution in [2.45, 2.75) is 20.8 Å². The Balaban J connectivity index is 0.00000106. The van der Waals surface area contributed by atoms with E-state index in [4.69, 9.17) is 4.74 Å². The summed E-state index contributed by atoms with van der Waals surface area (Å²) in [6.45, 7) is 13.4. The Kier molecular flexibility index (Phi) is 7.60. The van der Waals surface area contributed by atoms with Crippen LogP contribution in [-0.4, -0.2) is 0 Å². The first-order valence-corrected chi connectivity index (χ1v) is 5.44. The molecule has 0 radical (unpaired) electrons. The van der Waals surface area contributed by atoms with Crippen LogP contribution in [-0.2, 0) is 0 Å². The number of hydrogen-bond donors (Lipinski definition) is 0. The van der Waals surface area contributed by atoms with Gasteiger partial charge in [0.2, 0.25) is 0 Å². The quantitative estimate of drug-likeness (QED) is 0.522.